The number of carbonyl (C=O) groups is 1. The molecule has 0 unspecified atom stereocenters. The number of amides is 1. The summed E-state index contributed by atoms with van der Waals surface area (Å²) in [6.07, 6.45) is 8.75. The zero-order chi connectivity index (χ0) is 22.8. The van der Waals surface area contributed by atoms with E-state index in [-0.39, 0.29) is 11.3 Å². The first-order valence-electron chi connectivity index (χ1n) is 12.0. The van der Waals surface area contributed by atoms with Crippen LogP contribution in [-0.4, -0.2) is 98.1 Å². The molecule has 0 radical (unpaired) electrons. The van der Waals surface area contributed by atoms with E-state index in [1.165, 1.54) is 0 Å². The first-order valence-corrected chi connectivity index (χ1v) is 12.0. The lowest BCUT2D eigenvalue weighted by Crippen LogP contribution is -2.47. The maximum Gasteiger partial charge on any atom is 0.230 e. The van der Waals surface area contributed by atoms with Gasteiger partial charge in [0.1, 0.15) is 0 Å². The summed E-state index contributed by atoms with van der Waals surface area (Å²) in [5, 5.41) is 6.80. The van der Waals surface area contributed by atoms with Crippen molar-refractivity contribution in [1.82, 2.24) is 30.4 Å². The maximum absolute atomic E-state index is 12.8. The molecule has 1 aliphatic carbocycles. The molecule has 2 aliphatic rings. The van der Waals surface area contributed by atoms with E-state index in [4.69, 9.17) is 4.99 Å². The number of aliphatic imine (C=N–C) groups is 1. The summed E-state index contributed by atoms with van der Waals surface area (Å²) in [5.74, 6) is 1.86. The van der Waals surface area contributed by atoms with Crippen LogP contribution in [0.25, 0.3) is 0 Å². The van der Waals surface area contributed by atoms with Gasteiger partial charge in [-0.05, 0) is 38.8 Å². The Morgan fingerprint density at radius 3 is 2.44 bits per heavy atom. The predicted octanol–water partition coefficient (Wildman–Crippen LogP) is 1.19. The highest BCUT2D eigenvalue weighted by Crippen LogP contribution is 2.39. The van der Waals surface area contributed by atoms with Crippen molar-refractivity contribution in [3.8, 4) is 0 Å². The van der Waals surface area contributed by atoms with E-state index in [1.54, 1.807) is 17.3 Å². The number of rotatable bonds is 9. The van der Waals surface area contributed by atoms with Gasteiger partial charge in [0.05, 0.1) is 12.0 Å². The topological polar surface area (TPSA) is 89.0 Å². The molecule has 0 atom stereocenters. The number of hydrogen-bond donors (Lipinski definition) is 2. The van der Waals surface area contributed by atoms with E-state index in [2.05, 4.69) is 37.3 Å². The quantitative estimate of drug-likeness (QED) is 0.336. The van der Waals surface area contributed by atoms with Crippen LogP contribution in [-0.2, 0) is 4.79 Å². The molecule has 2 heterocycles. The van der Waals surface area contributed by atoms with Gasteiger partial charge in [0, 0.05) is 65.8 Å². The Morgan fingerprint density at radius 1 is 1.12 bits per heavy atom. The van der Waals surface area contributed by atoms with E-state index in [0.29, 0.717) is 6.54 Å². The Kier molecular flexibility index (Phi) is 9.08. The van der Waals surface area contributed by atoms with Gasteiger partial charge in [-0.1, -0.05) is 12.8 Å². The molecule has 3 rings (SSSR count). The highest BCUT2D eigenvalue weighted by atomic mass is 16.2. The molecule has 1 aliphatic heterocycles. The normalized spacial score (nSPS) is 19.1. The number of nitrogens with zero attached hydrogens (tertiary/aromatic N) is 6. The van der Waals surface area contributed by atoms with Crippen molar-refractivity contribution >= 4 is 17.8 Å². The number of nitrogens with one attached hydrogen (secondary N) is 2. The maximum atomic E-state index is 12.8. The Balaban J connectivity index is 1.41. The fraction of sp³-hybridized carbons (Fsp3) is 0.739. The molecule has 0 spiro atoms. The average molecular weight is 445 g/mol. The monoisotopic (exact) mass is 444 g/mol. The van der Waals surface area contributed by atoms with E-state index in [0.717, 1.165) is 89.8 Å². The molecular weight excluding hydrogens is 404 g/mol. The van der Waals surface area contributed by atoms with Gasteiger partial charge < -0.3 is 20.4 Å². The minimum absolute atomic E-state index is 0.217. The van der Waals surface area contributed by atoms with Gasteiger partial charge in [-0.2, -0.15) is 0 Å². The van der Waals surface area contributed by atoms with Gasteiger partial charge in [-0.3, -0.25) is 14.7 Å². The van der Waals surface area contributed by atoms with Crippen molar-refractivity contribution in [1.29, 1.82) is 0 Å². The molecule has 2 N–H and O–H groups in total. The number of guanidine groups is 1. The molecule has 2 fully saturated rings. The number of aromatic nitrogens is 2. The molecule has 1 saturated heterocycles. The Labute approximate surface area is 192 Å². The van der Waals surface area contributed by atoms with E-state index in [1.807, 2.05) is 20.2 Å². The lowest BCUT2D eigenvalue weighted by molar-refractivity contribution is -0.138. The first kappa shape index (κ1) is 24.2. The van der Waals surface area contributed by atoms with Gasteiger partial charge in [0.25, 0.3) is 0 Å². The third kappa shape index (κ3) is 6.54. The van der Waals surface area contributed by atoms with Crippen LogP contribution in [0.3, 0.4) is 0 Å². The van der Waals surface area contributed by atoms with Crippen molar-refractivity contribution in [2.75, 3.05) is 71.4 Å². The van der Waals surface area contributed by atoms with E-state index >= 15 is 0 Å². The van der Waals surface area contributed by atoms with Crippen LogP contribution in [0.5, 0.6) is 0 Å². The average Bonchev–Trinajstić information content (AvgIpc) is 3.30. The summed E-state index contributed by atoms with van der Waals surface area (Å²) in [6.45, 7) is 9.34. The van der Waals surface area contributed by atoms with Crippen molar-refractivity contribution < 1.29 is 4.79 Å². The van der Waals surface area contributed by atoms with Gasteiger partial charge in [0.2, 0.25) is 11.9 Å². The summed E-state index contributed by atoms with van der Waals surface area (Å²) in [5.41, 5.74) is -0.325. The van der Waals surface area contributed by atoms with Crippen molar-refractivity contribution in [2.45, 2.75) is 39.0 Å². The van der Waals surface area contributed by atoms with Crippen LogP contribution in [0, 0.1) is 5.41 Å². The number of anilines is 1. The van der Waals surface area contributed by atoms with Crippen LogP contribution < -0.4 is 15.5 Å². The third-order valence-corrected chi connectivity index (χ3v) is 6.46. The Bertz CT molecular complexity index is 725. The molecule has 1 amide bonds. The van der Waals surface area contributed by atoms with Gasteiger partial charge >= 0.3 is 0 Å². The van der Waals surface area contributed by atoms with Crippen LogP contribution in [0.1, 0.15) is 39.0 Å². The molecular formula is C23H40N8O. The summed E-state index contributed by atoms with van der Waals surface area (Å²) in [7, 11) is 3.70. The second-order valence-electron chi connectivity index (χ2n) is 9.04. The van der Waals surface area contributed by atoms with Gasteiger partial charge in [0.15, 0.2) is 5.96 Å². The minimum atomic E-state index is -0.325. The lowest BCUT2D eigenvalue weighted by atomic mass is 9.85. The van der Waals surface area contributed by atoms with Crippen molar-refractivity contribution in [3.05, 3.63) is 18.5 Å². The van der Waals surface area contributed by atoms with Crippen LogP contribution >= 0.6 is 0 Å². The molecule has 32 heavy (non-hydrogen) atoms. The van der Waals surface area contributed by atoms with Crippen LogP contribution in [0.2, 0.25) is 0 Å². The fourth-order valence-corrected chi connectivity index (χ4v) is 4.67. The number of hydrogen-bond acceptors (Lipinski definition) is 6. The standard InChI is InChI=1S/C23H40N8O/c1-4-24-21(28-19-23(9-5-6-10-23)20(32)29(2)3)25-13-8-14-30-15-17-31(18-16-30)22-26-11-7-12-27-22/h7,11-12H,4-6,8-10,13-19H2,1-3H3,(H2,24,25,28). The smallest absolute Gasteiger partial charge is 0.230 e. The molecule has 0 aromatic carbocycles. The molecule has 1 saturated carbocycles. The SMILES string of the molecule is CCNC(=NCC1(C(=O)N(C)C)CCCC1)NCCCN1CCN(c2ncccn2)CC1. The summed E-state index contributed by atoms with van der Waals surface area (Å²) < 4.78 is 0. The number of carbonyl (C=O) groups excluding carboxylic acids is 1. The first-order chi connectivity index (χ1) is 15.5. The summed E-state index contributed by atoms with van der Waals surface area (Å²) in [6, 6.07) is 1.85. The second-order valence-corrected chi connectivity index (χ2v) is 9.04. The number of piperazine rings is 1. The Morgan fingerprint density at radius 2 is 1.81 bits per heavy atom. The zero-order valence-electron chi connectivity index (χ0n) is 20.0. The van der Waals surface area contributed by atoms with Crippen molar-refractivity contribution in [2.24, 2.45) is 10.4 Å². The molecule has 178 valence electrons. The summed E-state index contributed by atoms with van der Waals surface area (Å²) >= 11 is 0. The van der Waals surface area contributed by atoms with E-state index in [9.17, 15) is 4.79 Å². The fourth-order valence-electron chi connectivity index (χ4n) is 4.67. The third-order valence-electron chi connectivity index (χ3n) is 6.46. The molecule has 1 aromatic rings. The van der Waals surface area contributed by atoms with Crippen molar-refractivity contribution in [3.63, 3.8) is 0 Å². The van der Waals surface area contributed by atoms with Gasteiger partial charge in [-0.15, -0.1) is 0 Å². The Hall–Kier alpha value is -2.42. The molecule has 1 aromatic heterocycles. The molecule has 9 nitrogen and oxygen atoms in total. The largest absolute Gasteiger partial charge is 0.357 e. The second kappa shape index (κ2) is 12.0. The predicted molar refractivity (Wildman–Crippen MR) is 129 cm³/mol. The van der Waals surface area contributed by atoms with E-state index < -0.39 is 0 Å². The highest BCUT2D eigenvalue weighted by Gasteiger charge is 2.42. The molecule has 9 heteroatoms. The zero-order valence-corrected chi connectivity index (χ0v) is 20.0. The summed E-state index contributed by atoms with van der Waals surface area (Å²) in [4.78, 5) is 32.8. The van der Waals surface area contributed by atoms with Crippen LogP contribution in [0.4, 0.5) is 5.95 Å². The highest BCUT2D eigenvalue weighted by molar-refractivity contribution is 5.84. The van der Waals surface area contributed by atoms with Gasteiger partial charge in [-0.25, -0.2) is 9.97 Å². The van der Waals surface area contributed by atoms with Crippen LogP contribution in [0.15, 0.2) is 23.5 Å². The molecule has 0 bridgehead atoms. The minimum Gasteiger partial charge on any atom is -0.357 e. The lowest BCUT2D eigenvalue weighted by Gasteiger charge is -2.34.